The number of nitro benzene ring substituents is 1. The summed E-state index contributed by atoms with van der Waals surface area (Å²) >= 11 is -0.826. The van der Waals surface area contributed by atoms with Crippen LogP contribution in [0.5, 0.6) is 0 Å². The van der Waals surface area contributed by atoms with Crippen molar-refractivity contribution in [1.29, 1.82) is 0 Å². The summed E-state index contributed by atoms with van der Waals surface area (Å²) in [5.74, 6) is 1.62. The Kier molecular flexibility index (Phi) is 16.1. The molecule has 0 aliphatic heterocycles. The van der Waals surface area contributed by atoms with Crippen LogP contribution < -0.4 is 16.4 Å². The molecule has 0 atom stereocenters. The van der Waals surface area contributed by atoms with Crippen LogP contribution in [0.2, 0.25) is 0 Å². The molecule has 0 heterocycles. The zero-order valence-corrected chi connectivity index (χ0v) is 31.9. The van der Waals surface area contributed by atoms with Gasteiger partial charge < -0.3 is 16.4 Å². The Morgan fingerprint density at radius 2 is 0.933 bits per heavy atom. The molecule has 0 amide bonds. The first-order chi connectivity index (χ1) is 21.3. The first-order valence-electron chi connectivity index (χ1n) is 15.2. The Morgan fingerprint density at radius 3 is 1.29 bits per heavy atom. The summed E-state index contributed by atoms with van der Waals surface area (Å²) < 4.78 is 0. The van der Waals surface area contributed by atoms with Crippen molar-refractivity contribution in [3.63, 3.8) is 0 Å². The maximum atomic E-state index is 11.2. The van der Waals surface area contributed by atoms with Crippen molar-refractivity contribution < 1.29 is 4.92 Å². The number of hydrogen-bond acceptors (Lipinski definition) is 5. The zero-order valence-electron chi connectivity index (χ0n) is 27.5. The monoisotopic (exact) mass is 756 g/mol. The summed E-state index contributed by atoms with van der Waals surface area (Å²) in [4.78, 5) is 10.9. The number of para-hydroxylation sites is 6. The van der Waals surface area contributed by atoms with Gasteiger partial charge in [-0.1, -0.05) is 116 Å². The van der Waals surface area contributed by atoms with E-state index in [9.17, 15) is 10.1 Å². The van der Waals surface area contributed by atoms with Crippen LogP contribution in [-0.2, 0) is 0 Å². The number of halogens is 2. The molecule has 4 aromatic rings. The van der Waals surface area contributed by atoms with Crippen LogP contribution in [-0.4, -0.2) is 23.8 Å². The van der Waals surface area contributed by atoms with E-state index in [2.05, 4.69) is 102 Å². The molecular weight excluding hydrogens is 710 g/mol. The number of anilines is 5. The Hall–Kier alpha value is -2.94. The fourth-order valence-corrected chi connectivity index (χ4v) is 5.01. The van der Waals surface area contributed by atoms with Gasteiger partial charge in [-0.3, -0.25) is 10.1 Å². The van der Waals surface area contributed by atoms with Crippen molar-refractivity contribution >= 4 is 70.9 Å². The van der Waals surface area contributed by atoms with E-state index in [1.165, 1.54) is 34.0 Å². The van der Waals surface area contributed by atoms with Gasteiger partial charge in [-0.2, -0.15) is 0 Å². The second kappa shape index (κ2) is 18.9. The second-order valence-electron chi connectivity index (χ2n) is 11.9. The van der Waals surface area contributed by atoms with Gasteiger partial charge in [0.05, 0.1) is 16.3 Å². The Balaban J connectivity index is 0.000000289. The van der Waals surface area contributed by atoms with E-state index in [4.69, 9.17) is 23.6 Å². The number of hydrogen-bond donors (Lipinski definition) is 3. The third-order valence-electron chi connectivity index (χ3n) is 7.33. The van der Waals surface area contributed by atoms with Crippen molar-refractivity contribution in [2.45, 2.75) is 79.1 Å². The summed E-state index contributed by atoms with van der Waals surface area (Å²) in [5, 5.41) is 18.1. The van der Waals surface area contributed by atoms with E-state index in [1.807, 2.05) is 30.3 Å². The maximum absolute atomic E-state index is 11.2. The van der Waals surface area contributed by atoms with Crippen LogP contribution in [0.1, 0.15) is 101 Å². The van der Waals surface area contributed by atoms with Crippen molar-refractivity contribution in [3.05, 3.63) is 117 Å². The SMILES string of the molecule is CC(C)c1cccc(C(C)C)c1Nc1ccccc1N.CC(C)c1cccc(C(C)C)c1Nc1ccccc1[N+](=O)[O-].[Cl][Sn][Cl]. The predicted octanol–water partition coefficient (Wildman–Crippen LogP) is 11.8. The third kappa shape index (κ3) is 11.1. The first-order valence-corrected chi connectivity index (χ1v) is 22.4. The molecule has 0 saturated heterocycles. The third-order valence-corrected chi connectivity index (χ3v) is 7.33. The summed E-state index contributed by atoms with van der Waals surface area (Å²) in [7, 11) is 9.87. The van der Waals surface area contributed by atoms with Crippen molar-refractivity contribution in [2.24, 2.45) is 0 Å². The van der Waals surface area contributed by atoms with Crippen LogP contribution in [0.4, 0.5) is 34.1 Å². The second-order valence-corrected chi connectivity index (χ2v) is 16.2. The van der Waals surface area contributed by atoms with E-state index in [0.29, 0.717) is 29.4 Å². The van der Waals surface area contributed by atoms with Crippen LogP contribution in [0.25, 0.3) is 0 Å². The molecule has 0 aromatic heterocycles. The number of nitrogens with two attached hydrogens (primary N) is 1. The molecule has 45 heavy (non-hydrogen) atoms. The zero-order chi connectivity index (χ0) is 33.7. The fraction of sp³-hybridized carbons (Fsp3) is 0.333. The Morgan fingerprint density at radius 1 is 0.600 bits per heavy atom. The number of nitro groups is 1. The fourth-order valence-electron chi connectivity index (χ4n) is 5.01. The van der Waals surface area contributed by atoms with E-state index in [0.717, 1.165) is 17.1 Å². The number of nitrogens with one attached hydrogen (secondary N) is 2. The molecular formula is C36H46Cl2N4O2Sn. The van der Waals surface area contributed by atoms with Crippen molar-refractivity contribution in [2.75, 3.05) is 16.4 Å². The van der Waals surface area contributed by atoms with E-state index >= 15 is 0 Å². The molecule has 9 heteroatoms. The molecule has 6 nitrogen and oxygen atoms in total. The van der Waals surface area contributed by atoms with Gasteiger partial charge in [-0.05, 0) is 64.1 Å². The van der Waals surface area contributed by atoms with Crippen molar-refractivity contribution in [1.82, 2.24) is 0 Å². The summed E-state index contributed by atoms with van der Waals surface area (Å²) in [6.45, 7) is 17.4. The summed E-state index contributed by atoms with van der Waals surface area (Å²) in [6.07, 6.45) is 0. The van der Waals surface area contributed by atoms with Crippen LogP contribution >= 0.6 is 17.8 Å². The molecule has 4 rings (SSSR count). The molecule has 240 valence electrons. The Labute approximate surface area is 286 Å². The molecule has 4 aromatic carbocycles. The summed E-state index contributed by atoms with van der Waals surface area (Å²) in [5.41, 5.74) is 15.6. The summed E-state index contributed by atoms with van der Waals surface area (Å²) in [6, 6.07) is 27.4. The van der Waals surface area contributed by atoms with Gasteiger partial charge in [-0.25, -0.2) is 0 Å². The molecule has 0 fully saturated rings. The Bertz CT molecular complexity index is 1470. The number of benzene rings is 4. The van der Waals surface area contributed by atoms with Gasteiger partial charge >= 0.3 is 36.7 Å². The number of nitrogens with zero attached hydrogens (tertiary/aromatic N) is 1. The van der Waals surface area contributed by atoms with Gasteiger partial charge in [0.1, 0.15) is 5.69 Å². The molecule has 0 bridgehead atoms. The topological polar surface area (TPSA) is 93.2 Å². The molecule has 0 saturated carbocycles. The van der Waals surface area contributed by atoms with Gasteiger partial charge in [0.2, 0.25) is 0 Å². The van der Waals surface area contributed by atoms with E-state index in [-0.39, 0.29) is 10.6 Å². The van der Waals surface area contributed by atoms with E-state index in [1.54, 1.807) is 12.1 Å². The van der Waals surface area contributed by atoms with Crippen molar-refractivity contribution in [3.8, 4) is 0 Å². The number of rotatable bonds is 9. The molecule has 0 aliphatic rings. The van der Waals surface area contributed by atoms with Gasteiger partial charge in [0, 0.05) is 17.4 Å². The predicted molar refractivity (Wildman–Crippen MR) is 197 cm³/mol. The molecule has 4 N–H and O–H groups in total. The van der Waals surface area contributed by atoms with Crippen LogP contribution in [0.3, 0.4) is 0 Å². The average molecular weight is 756 g/mol. The normalized spacial score (nSPS) is 10.7. The van der Waals surface area contributed by atoms with E-state index < -0.39 is 18.9 Å². The quantitative estimate of drug-likeness (QED) is 0.0684. The average Bonchev–Trinajstić information content (AvgIpc) is 2.99. The first kappa shape index (κ1) is 38.2. The van der Waals surface area contributed by atoms with Gasteiger partial charge in [-0.15, -0.1) is 0 Å². The van der Waals surface area contributed by atoms with Crippen LogP contribution in [0, 0.1) is 10.1 Å². The van der Waals surface area contributed by atoms with Gasteiger partial charge in [0.15, 0.2) is 0 Å². The van der Waals surface area contributed by atoms with Crippen LogP contribution in [0.15, 0.2) is 84.9 Å². The molecule has 0 spiro atoms. The van der Waals surface area contributed by atoms with Gasteiger partial charge in [0.25, 0.3) is 5.69 Å². The molecule has 0 aliphatic carbocycles. The number of nitrogen functional groups attached to an aromatic ring is 1. The minimum absolute atomic E-state index is 0.0933. The standard InChI is InChI=1S/C18H22N2O2.C18H24N2.2ClH.Sn/c1-12(2)14-8-7-9-15(13(3)4)18(14)19-16-10-5-6-11-17(16)20(21)22;1-12(2)14-8-7-9-15(13(3)4)18(14)20-17-11-6-5-10-16(17)19;;;/h5-13,19H,1-4H3;5-13,20H,19H2,1-4H3;2*1H;/q;;;;+2/p-2. The molecule has 0 unspecified atom stereocenters. The minimum atomic E-state index is -0.826. The molecule has 2 radical (unpaired) electrons.